The van der Waals surface area contributed by atoms with Crippen molar-refractivity contribution in [2.24, 2.45) is 0 Å². The number of hydrogen-bond donors (Lipinski definition) is 2. The topological polar surface area (TPSA) is 78.3 Å². The number of H-pyrrole nitrogens is 1. The average molecular weight is 535 g/mol. The van der Waals surface area contributed by atoms with Crippen LogP contribution in [0.1, 0.15) is 21.5 Å². The second kappa shape index (κ2) is 9.66. The highest BCUT2D eigenvalue weighted by atomic mass is 19.4. The number of benzene rings is 2. The molecule has 0 radical (unpaired) electrons. The number of anilines is 1. The largest absolute Gasteiger partial charge is 0.417 e. The Morgan fingerprint density at radius 2 is 1.85 bits per heavy atom. The van der Waals surface area contributed by atoms with Crippen molar-refractivity contribution in [2.75, 3.05) is 18.4 Å². The minimum Gasteiger partial charge on any atom is -0.306 e. The molecular weight excluding hydrogens is 512 g/mol. The molecule has 0 unspecified atom stereocenters. The van der Waals surface area contributed by atoms with Gasteiger partial charge >= 0.3 is 6.18 Å². The Kier molecular flexibility index (Phi) is 6.15. The summed E-state index contributed by atoms with van der Waals surface area (Å²) in [7, 11) is 0. The van der Waals surface area contributed by atoms with E-state index in [2.05, 4.69) is 15.5 Å². The van der Waals surface area contributed by atoms with Gasteiger partial charge in [-0.15, -0.1) is 0 Å². The predicted octanol–water partition coefficient (Wildman–Crippen LogP) is 5.82. The molecule has 0 saturated carbocycles. The number of nitrogens with one attached hydrogen (secondary N) is 2. The van der Waals surface area contributed by atoms with E-state index in [1.807, 2.05) is 53.6 Å². The molecule has 3 aromatic heterocycles. The number of rotatable bonds is 6. The number of amides is 1. The number of pyridine rings is 1. The van der Waals surface area contributed by atoms with Crippen molar-refractivity contribution in [1.29, 1.82) is 0 Å². The van der Waals surface area contributed by atoms with Gasteiger partial charge in [0.15, 0.2) is 0 Å². The maximum Gasteiger partial charge on any atom is 0.417 e. The molecule has 39 heavy (non-hydrogen) atoms. The second-order valence-electron chi connectivity index (χ2n) is 9.40. The lowest BCUT2D eigenvalue weighted by Gasteiger charge is -2.34. The maximum atomic E-state index is 13.7. The summed E-state index contributed by atoms with van der Waals surface area (Å²) in [5.41, 5.74) is 1.74. The molecule has 1 aliphatic rings. The van der Waals surface area contributed by atoms with Gasteiger partial charge in [0.1, 0.15) is 23.3 Å². The third kappa shape index (κ3) is 4.88. The molecule has 6 rings (SSSR count). The maximum absolute atomic E-state index is 13.7. The number of halogens is 4. The Balaban J connectivity index is 1.40. The van der Waals surface area contributed by atoms with E-state index < -0.39 is 23.8 Å². The normalized spacial score (nSPS) is 14.5. The Bertz CT molecular complexity index is 1640. The van der Waals surface area contributed by atoms with Crippen LogP contribution in [0, 0.1) is 0 Å². The van der Waals surface area contributed by atoms with E-state index in [1.54, 1.807) is 4.40 Å². The molecule has 1 saturated heterocycles. The first-order valence-corrected chi connectivity index (χ1v) is 12.2. The summed E-state index contributed by atoms with van der Waals surface area (Å²) in [6.07, 6.45) is -2.20. The first-order valence-electron chi connectivity index (χ1n) is 12.2. The monoisotopic (exact) mass is 534 g/mol. The van der Waals surface area contributed by atoms with Crippen LogP contribution in [0.3, 0.4) is 0 Å². The molecule has 0 atom stereocenters. The average Bonchev–Trinajstić information content (AvgIpc) is 3.56. The van der Waals surface area contributed by atoms with Crippen LogP contribution in [0.4, 0.5) is 23.4 Å². The predicted molar refractivity (Wildman–Crippen MR) is 138 cm³/mol. The highest BCUT2D eigenvalue weighted by Crippen LogP contribution is 2.37. The number of fused-ring (bicyclic) bond motifs is 1. The van der Waals surface area contributed by atoms with Crippen LogP contribution in [-0.2, 0) is 12.7 Å². The summed E-state index contributed by atoms with van der Waals surface area (Å²) in [4.78, 5) is 20.1. The Morgan fingerprint density at radius 1 is 1.05 bits per heavy atom. The van der Waals surface area contributed by atoms with E-state index in [0.29, 0.717) is 36.8 Å². The van der Waals surface area contributed by atoms with Gasteiger partial charge in [-0.25, -0.2) is 9.37 Å². The number of nitrogens with zero attached hydrogens (tertiary/aromatic N) is 4. The summed E-state index contributed by atoms with van der Waals surface area (Å²) in [5, 5.41) is 9.27. The molecule has 1 aliphatic heterocycles. The second-order valence-corrected chi connectivity index (χ2v) is 9.40. The summed E-state index contributed by atoms with van der Waals surface area (Å²) < 4.78 is 56.2. The van der Waals surface area contributed by atoms with Crippen molar-refractivity contribution >= 4 is 17.4 Å². The van der Waals surface area contributed by atoms with E-state index in [1.165, 1.54) is 18.3 Å². The van der Waals surface area contributed by atoms with Crippen molar-refractivity contribution < 1.29 is 22.4 Å². The van der Waals surface area contributed by atoms with Crippen LogP contribution in [0.5, 0.6) is 0 Å². The molecule has 2 N–H and O–H groups in total. The molecule has 2 aromatic carbocycles. The van der Waals surface area contributed by atoms with Crippen LogP contribution >= 0.6 is 0 Å². The van der Waals surface area contributed by atoms with Crippen LogP contribution in [-0.4, -0.2) is 49.7 Å². The molecule has 1 fully saturated rings. The Hall–Kier alpha value is -4.51. The van der Waals surface area contributed by atoms with E-state index >= 15 is 0 Å². The van der Waals surface area contributed by atoms with Crippen LogP contribution < -0.4 is 5.32 Å². The zero-order chi connectivity index (χ0) is 27.1. The van der Waals surface area contributed by atoms with Gasteiger partial charge in [-0.3, -0.25) is 19.2 Å². The number of carbonyl (C=O) groups excluding carboxylic acids is 1. The standard InChI is InChI=1S/C28H22F4N6O/c29-20-15-37(16-20)13-17-6-9-24-34-25(18-4-2-1-3-5-18)26(38(24)14-17)35-27(39)19-7-8-22(28(30,31)32)21(12-19)23-10-11-33-36-23/h1-12,14,20H,13,15-16H2,(H,33,36)(H,35,39). The lowest BCUT2D eigenvalue weighted by molar-refractivity contribution is -0.137. The summed E-state index contributed by atoms with van der Waals surface area (Å²) in [6.45, 7) is 1.27. The molecule has 11 heteroatoms. The zero-order valence-electron chi connectivity index (χ0n) is 20.4. The summed E-state index contributed by atoms with van der Waals surface area (Å²) >= 11 is 0. The van der Waals surface area contributed by atoms with Crippen LogP contribution in [0.2, 0.25) is 0 Å². The van der Waals surface area contributed by atoms with Gasteiger partial charge in [-0.1, -0.05) is 36.4 Å². The Morgan fingerprint density at radius 3 is 2.54 bits per heavy atom. The number of hydrogen-bond acceptors (Lipinski definition) is 4. The van der Waals surface area contributed by atoms with Gasteiger partial charge in [0.05, 0.1) is 11.3 Å². The lowest BCUT2D eigenvalue weighted by atomic mass is 10.0. The minimum atomic E-state index is -4.62. The lowest BCUT2D eigenvalue weighted by Crippen LogP contribution is -2.47. The van der Waals surface area contributed by atoms with Crippen molar-refractivity contribution in [1.82, 2.24) is 24.5 Å². The molecular formula is C28H22F4N6O. The highest BCUT2D eigenvalue weighted by Gasteiger charge is 2.34. The van der Waals surface area contributed by atoms with Crippen molar-refractivity contribution in [2.45, 2.75) is 18.9 Å². The van der Waals surface area contributed by atoms with E-state index in [0.717, 1.165) is 23.3 Å². The van der Waals surface area contributed by atoms with Gasteiger partial charge in [0.25, 0.3) is 5.91 Å². The van der Waals surface area contributed by atoms with Gasteiger partial charge in [-0.05, 0) is 35.9 Å². The minimum absolute atomic E-state index is 0.0284. The number of aromatic amines is 1. The molecule has 1 amide bonds. The number of likely N-dealkylation sites (tertiary alicyclic amines) is 1. The number of alkyl halides is 4. The van der Waals surface area contributed by atoms with Crippen molar-refractivity contribution in [3.63, 3.8) is 0 Å². The first-order chi connectivity index (χ1) is 18.8. The van der Waals surface area contributed by atoms with Gasteiger partial charge < -0.3 is 5.32 Å². The third-order valence-electron chi connectivity index (χ3n) is 6.64. The molecule has 198 valence electrons. The number of imidazole rings is 1. The number of aromatic nitrogens is 4. The third-order valence-corrected chi connectivity index (χ3v) is 6.64. The molecule has 0 spiro atoms. The summed E-state index contributed by atoms with van der Waals surface area (Å²) in [6, 6.07) is 17.6. The van der Waals surface area contributed by atoms with Gasteiger partial charge in [0, 0.05) is 48.7 Å². The smallest absolute Gasteiger partial charge is 0.306 e. The summed E-state index contributed by atoms with van der Waals surface area (Å²) in [5.74, 6) is -0.232. The molecule has 0 aliphatic carbocycles. The quantitative estimate of drug-likeness (QED) is 0.269. The van der Waals surface area contributed by atoms with E-state index in [4.69, 9.17) is 4.98 Å². The molecule has 5 aromatic rings. The van der Waals surface area contributed by atoms with Crippen molar-refractivity contribution in [3.05, 3.63) is 95.8 Å². The Labute approximate surface area is 220 Å². The van der Waals surface area contributed by atoms with Gasteiger partial charge in [0.2, 0.25) is 0 Å². The SMILES string of the molecule is O=C(Nc1c(-c2ccccc2)nc2ccc(CN3CC(F)C3)cn12)c1ccc(C(F)(F)F)c(-c2cc[nH]n2)c1. The fourth-order valence-corrected chi connectivity index (χ4v) is 4.73. The molecule has 0 bridgehead atoms. The first kappa shape index (κ1) is 24.8. The number of carbonyl (C=O) groups is 1. The van der Waals surface area contributed by atoms with E-state index in [-0.39, 0.29) is 16.8 Å². The van der Waals surface area contributed by atoms with Gasteiger partial charge in [-0.2, -0.15) is 18.3 Å². The van der Waals surface area contributed by atoms with Crippen LogP contribution in [0.15, 0.2) is 79.1 Å². The fraction of sp³-hybridized carbons (Fsp3) is 0.179. The zero-order valence-corrected chi connectivity index (χ0v) is 20.4. The van der Waals surface area contributed by atoms with E-state index in [9.17, 15) is 22.4 Å². The molecule has 7 nitrogen and oxygen atoms in total. The highest BCUT2D eigenvalue weighted by molar-refractivity contribution is 6.06. The molecule has 4 heterocycles. The van der Waals surface area contributed by atoms with Crippen LogP contribution in [0.25, 0.3) is 28.2 Å². The van der Waals surface area contributed by atoms with Crippen molar-refractivity contribution in [3.8, 4) is 22.5 Å². The fourth-order valence-electron chi connectivity index (χ4n) is 4.73.